The molecule has 0 amide bonds. The number of carbonyl (C=O) groups excluding carboxylic acids is 1. The standard InChI is InChI=1S/C14H20O2/c1-5-12(2,3)11(15)16-8-6-7-9-10-13(8,4)14(7,9)10/h7-10H,5-6H2,1-4H3. The van der Waals surface area contributed by atoms with Crippen molar-refractivity contribution >= 4 is 5.97 Å². The molecule has 88 valence electrons. The molecule has 0 aromatic rings. The molecule has 4 saturated carbocycles. The maximum atomic E-state index is 12.1. The van der Waals surface area contributed by atoms with Crippen molar-refractivity contribution in [2.75, 3.05) is 0 Å². The van der Waals surface area contributed by atoms with E-state index < -0.39 is 0 Å². The summed E-state index contributed by atoms with van der Waals surface area (Å²) < 4.78 is 5.80. The van der Waals surface area contributed by atoms with Gasteiger partial charge in [-0.15, -0.1) is 0 Å². The minimum Gasteiger partial charge on any atom is -0.461 e. The Kier molecular flexibility index (Phi) is 1.24. The molecule has 1 spiro atoms. The molecule has 0 bridgehead atoms. The lowest BCUT2D eigenvalue weighted by atomic mass is 9.85. The van der Waals surface area contributed by atoms with Crippen LogP contribution in [0.2, 0.25) is 0 Å². The van der Waals surface area contributed by atoms with Gasteiger partial charge >= 0.3 is 5.97 Å². The van der Waals surface area contributed by atoms with E-state index in [1.54, 1.807) is 0 Å². The number of carbonyl (C=O) groups is 1. The van der Waals surface area contributed by atoms with Gasteiger partial charge in [-0.1, -0.05) is 13.8 Å². The number of ether oxygens (including phenoxy) is 1. The number of hydrogen-bond acceptors (Lipinski definition) is 2. The molecule has 6 unspecified atom stereocenters. The van der Waals surface area contributed by atoms with Gasteiger partial charge in [0, 0.05) is 5.41 Å². The monoisotopic (exact) mass is 220 g/mol. The van der Waals surface area contributed by atoms with Crippen molar-refractivity contribution in [3.05, 3.63) is 0 Å². The Bertz CT molecular complexity index is 405. The molecular weight excluding hydrogens is 200 g/mol. The van der Waals surface area contributed by atoms with Crippen LogP contribution >= 0.6 is 0 Å². The van der Waals surface area contributed by atoms with E-state index in [0.29, 0.717) is 10.8 Å². The Morgan fingerprint density at radius 2 is 2.19 bits per heavy atom. The molecule has 0 saturated heterocycles. The van der Waals surface area contributed by atoms with E-state index in [4.69, 9.17) is 4.74 Å². The molecule has 4 rings (SSSR count). The van der Waals surface area contributed by atoms with Gasteiger partial charge in [-0.3, -0.25) is 4.79 Å². The van der Waals surface area contributed by atoms with Crippen molar-refractivity contribution in [1.29, 1.82) is 0 Å². The maximum Gasteiger partial charge on any atom is 0.311 e. The van der Waals surface area contributed by atoms with Gasteiger partial charge in [-0.25, -0.2) is 0 Å². The first-order valence-corrected chi connectivity index (χ1v) is 6.63. The Morgan fingerprint density at radius 3 is 2.62 bits per heavy atom. The highest BCUT2D eigenvalue weighted by molar-refractivity contribution is 5.76. The van der Waals surface area contributed by atoms with Gasteiger partial charge in [0.05, 0.1) is 5.41 Å². The minimum absolute atomic E-state index is 0.0155. The van der Waals surface area contributed by atoms with Gasteiger partial charge in [-0.2, -0.15) is 0 Å². The summed E-state index contributed by atoms with van der Waals surface area (Å²) in [5, 5.41) is 0. The largest absolute Gasteiger partial charge is 0.461 e. The Morgan fingerprint density at radius 1 is 1.50 bits per heavy atom. The molecule has 0 radical (unpaired) electrons. The lowest BCUT2D eigenvalue weighted by Crippen LogP contribution is -2.36. The third-order valence-corrected chi connectivity index (χ3v) is 6.57. The molecule has 0 heterocycles. The predicted molar refractivity (Wildman–Crippen MR) is 59.6 cm³/mol. The highest BCUT2D eigenvalue weighted by Gasteiger charge is 3.12. The molecule has 4 aliphatic rings. The van der Waals surface area contributed by atoms with Gasteiger partial charge in [0.15, 0.2) is 0 Å². The summed E-state index contributed by atoms with van der Waals surface area (Å²) >= 11 is 0. The summed E-state index contributed by atoms with van der Waals surface area (Å²) in [6.07, 6.45) is 2.25. The van der Waals surface area contributed by atoms with Crippen LogP contribution in [0.1, 0.15) is 40.5 Å². The van der Waals surface area contributed by atoms with E-state index in [9.17, 15) is 4.79 Å². The fourth-order valence-electron chi connectivity index (χ4n) is 4.96. The van der Waals surface area contributed by atoms with Crippen LogP contribution in [0, 0.1) is 34.0 Å². The zero-order valence-corrected chi connectivity index (χ0v) is 10.5. The average molecular weight is 220 g/mol. The SMILES string of the molecule is CCC(C)(C)C(=O)OC1CC2C3C4C1(C)C234. The molecular formula is C14H20O2. The number of hydrogen-bond donors (Lipinski definition) is 0. The first-order chi connectivity index (χ1) is 7.42. The lowest BCUT2D eigenvalue weighted by Gasteiger charge is -2.31. The van der Waals surface area contributed by atoms with Gasteiger partial charge < -0.3 is 4.74 Å². The number of rotatable bonds is 3. The molecule has 0 aliphatic heterocycles. The zero-order valence-electron chi connectivity index (χ0n) is 10.5. The van der Waals surface area contributed by atoms with Crippen LogP contribution in [-0.4, -0.2) is 12.1 Å². The molecule has 0 aromatic carbocycles. The summed E-state index contributed by atoms with van der Waals surface area (Å²) in [4.78, 5) is 12.1. The van der Waals surface area contributed by atoms with Crippen LogP contribution in [0.25, 0.3) is 0 Å². The first-order valence-electron chi connectivity index (χ1n) is 6.63. The van der Waals surface area contributed by atoms with Crippen molar-refractivity contribution in [3.8, 4) is 0 Å². The average Bonchev–Trinajstić information content (AvgIpc) is 3.11. The van der Waals surface area contributed by atoms with Gasteiger partial charge in [0.1, 0.15) is 6.10 Å². The van der Waals surface area contributed by atoms with Crippen molar-refractivity contribution in [1.82, 2.24) is 0 Å². The minimum atomic E-state index is -0.306. The van der Waals surface area contributed by atoms with Crippen LogP contribution in [0.15, 0.2) is 0 Å². The fraction of sp³-hybridized carbons (Fsp3) is 0.929. The second-order valence-corrected chi connectivity index (χ2v) is 7.19. The summed E-state index contributed by atoms with van der Waals surface area (Å²) in [7, 11) is 0. The van der Waals surface area contributed by atoms with Crippen LogP contribution < -0.4 is 0 Å². The summed E-state index contributed by atoms with van der Waals surface area (Å²) in [5.41, 5.74) is 0.801. The normalized spacial score (nSPS) is 58.8. The maximum absolute atomic E-state index is 12.1. The van der Waals surface area contributed by atoms with Gasteiger partial charge in [-0.05, 0) is 49.9 Å². The van der Waals surface area contributed by atoms with E-state index in [1.807, 2.05) is 13.8 Å². The van der Waals surface area contributed by atoms with E-state index >= 15 is 0 Å². The summed E-state index contributed by atoms with van der Waals surface area (Å²) in [6, 6.07) is 0. The Labute approximate surface area is 96.7 Å². The Hall–Kier alpha value is -0.530. The predicted octanol–water partition coefficient (Wildman–Crippen LogP) is 2.62. The van der Waals surface area contributed by atoms with Crippen molar-refractivity contribution < 1.29 is 9.53 Å². The molecule has 6 atom stereocenters. The topological polar surface area (TPSA) is 26.3 Å². The third-order valence-electron chi connectivity index (χ3n) is 6.57. The van der Waals surface area contributed by atoms with E-state index in [2.05, 4.69) is 13.8 Å². The molecule has 16 heavy (non-hydrogen) atoms. The molecule has 4 fully saturated rings. The third kappa shape index (κ3) is 0.634. The number of fused-ring (bicyclic) bond motifs is 3. The quantitative estimate of drug-likeness (QED) is 0.683. The summed E-state index contributed by atoms with van der Waals surface area (Å²) in [5.74, 6) is 2.96. The highest BCUT2D eigenvalue weighted by atomic mass is 16.5. The Balaban J connectivity index is 1.48. The van der Waals surface area contributed by atoms with Crippen molar-refractivity contribution in [2.45, 2.75) is 46.6 Å². The van der Waals surface area contributed by atoms with Crippen LogP contribution in [-0.2, 0) is 9.53 Å². The zero-order chi connectivity index (χ0) is 11.5. The van der Waals surface area contributed by atoms with Crippen molar-refractivity contribution in [2.24, 2.45) is 34.0 Å². The second-order valence-electron chi connectivity index (χ2n) is 7.19. The summed E-state index contributed by atoms with van der Waals surface area (Å²) in [6.45, 7) is 8.38. The number of esters is 1. The molecule has 4 aliphatic carbocycles. The lowest BCUT2D eigenvalue weighted by molar-refractivity contribution is -0.165. The fourth-order valence-corrected chi connectivity index (χ4v) is 4.96. The molecule has 2 heteroatoms. The smallest absolute Gasteiger partial charge is 0.311 e. The van der Waals surface area contributed by atoms with E-state index in [0.717, 1.165) is 30.6 Å². The van der Waals surface area contributed by atoms with Crippen molar-refractivity contribution in [3.63, 3.8) is 0 Å². The van der Waals surface area contributed by atoms with E-state index in [1.165, 1.54) is 0 Å². The first kappa shape index (κ1) is 9.49. The molecule has 0 N–H and O–H groups in total. The van der Waals surface area contributed by atoms with Crippen LogP contribution in [0.3, 0.4) is 0 Å². The molecule has 0 aromatic heterocycles. The highest BCUT2D eigenvalue weighted by Crippen LogP contribution is 3.13. The van der Waals surface area contributed by atoms with E-state index in [-0.39, 0.29) is 17.5 Å². The second kappa shape index (κ2) is 2.09. The van der Waals surface area contributed by atoms with Crippen LogP contribution in [0.5, 0.6) is 0 Å². The van der Waals surface area contributed by atoms with Crippen LogP contribution in [0.4, 0.5) is 0 Å². The van der Waals surface area contributed by atoms with Gasteiger partial charge in [0.2, 0.25) is 0 Å². The van der Waals surface area contributed by atoms with Gasteiger partial charge in [0.25, 0.3) is 0 Å². The molecule has 2 nitrogen and oxygen atoms in total.